The van der Waals surface area contributed by atoms with E-state index in [1.165, 1.54) is 0 Å². The monoisotopic (exact) mass is 130 g/mol. The van der Waals surface area contributed by atoms with Gasteiger partial charge in [-0.1, -0.05) is 0 Å². The number of aliphatic hydroxyl groups excluding tert-OH is 1. The summed E-state index contributed by atoms with van der Waals surface area (Å²) in [6, 6.07) is 3.67. The van der Waals surface area contributed by atoms with Crippen molar-refractivity contribution in [2.45, 2.75) is 0 Å². The standard InChI is InChI=1S/C4H4O.CH4O.CH2O/c1-2-4-5-3-1;2*1-2/h1-4H;2H,1H3;1H2. The highest BCUT2D eigenvalue weighted by Crippen LogP contribution is 1.79. The van der Waals surface area contributed by atoms with Crippen LogP contribution in [-0.4, -0.2) is 19.0 Å². The second kappa shape index (κ2) is 15.8. The van der Waals surface area contributed by atoms with Crippen molar-refractivity contribution in [3.05, 3.63) is 24.7 Å². The number of furan rings is 1. The molecule has 9 heavy (non-hydrogen) atoms. The molecule has 0 aromatic carbocycles. The lowest BCUT2D eigenvalue weighted by atomic mass is 10.7. The van der Waals surface area contributed by atoms with Crippen LogP contribution in [0.1, 0.15) is 0 Å². The number of carbonyl (C=O) groups excluding carboxylic acids is 1. The van der Waals surface area contributed by atoms with Crippen molar-refractivity contribution in [2.75, 3.05) is 7.11 Å². The first kappa shape index (κ1) is 10.8. The lowest BCUT2D eigenvalue weighted by Gasteiger charge is -1.50. The summed E-state index contributed by atoms with van der Waals surface area (Å²) in [5.74, 6) is 0. The fourth-order valence-corrected chi connectivity index (χ4v) is 0.227. The largest absolute Gasteiger partial charge is 0.473 e. The van der Waals surface area contributed by atoms with Crippen LogP contribution in [0.25, 0.3) is 0 Å². The van der Waals surface area contributed by atoms with E-state index in [1.54, 1.807) is 12.5 Å². The zero-order chi connectivity index (χ0) is 7.54. The molecule has 0 fully saturated rings. The van der Waals surface area contributed by atoms with E-state index in [-0.39, 0.29) is 0 Å². The molecule has 0 unspecified atom stereocenters. The van der Waals surface area contributed by atoms with Gasteiger partial charge in [-0.15, -0.1) is 0 Å². The minimum atomic E-state index is 1.00. The second-order valence-corrected chi connectivity index (χ2v) is 0.793. The Bertz CT molecular complexity index is 75.2. The van der Waals surface area contributed by atoms with Crippen LogP contribution in [0.2, 0.25) is 0 Å². The van der Waals surface area contributed by atoms with Crippen molar-refractivity contribution < 1.29 is 14.3 Å². The maximum atomic E-state index is 8.00. The molecule has 0 bridgehead atoms. The average molecular weight is 130 g/mol. The van der Waals surface area contributed by atoms with Gasteiger partial charge >= 0.3 is 0 Å². The molecule has 1 aromatic heterocycles. The van der Waals surface area contributed by atoms with E-state index in [9.17, 15) is 0 Å². The maximum Gasteiger partial charge on any atom is 0.106 e. The number of rotatable bonds is 0. The SMILES string of the molecule is C=O.CO.c1ccoc1. The van der Waals surface area contributed by atoms with Gasteiger partial charge in [0, 0.05) is 7.11 Å². The van der Waals surface area contributed by atoms with Crippen molar-refractivity contribution in [1.29, 1.82) is 0 Å². The third-order valence-corrected chi connectivity index (χ3v) is 0.425. The molecule has 1 rings (SSSR count). The van der Waals surface area contributed by atoms with Gasteiger partial charge in [-0.2, -0.15) is 0 Å². The van der Waals surface area contributed by atoms with Gasteiger partial charge in [0.15, 0.2) is 0 Å². The lowest BCUT2D eigenvalue weighted by Crippen LogP contribution is -1.25. The van der Waals surface area contributed by atoms with Crippen LogP contribution >= 0.6 is 0 Å². The van der Waals surface area contributed by atoms with Gasteiger partial charge in [-0.3, -0.25) is 0 Å². The molecule has 0 amide bonds. The van der Waals surface area contributed by atoms with E-state index in [1.807, 2.05) is 18.9 Å². The van der Waals surface area contributed by atoms with Gasteiger partial charge in [0.2, 0.25) is 0 Å². The summed E-state index contributed by atoms with van der Waals surface area (Å²) in [5, 5.41) is 7.00. The molecule has 52 valence electrons. The van der Waals surface area contributed by atoms with E-state index < -0.39 is 0 Å². The predicted molar refractivity (Wildman–Crippen MR) is 34.0 cm³/mol. The summed E-state index contributed by atoms with van der Waals surface area (Å²) in [7, 11) is 1.00. The molecule has 0 aliphatic heterocycles. The summed E-state index contributed by atoms with van der Waals surface area (Å²) < 4.78 is 4.58. The molecule has 0 saturated carbocycles. The molecule has 1 aromatic rings. The van der Waals surface area contributed by atoms with E-state index >= 15 is 0 Å². The van der Waals surface area contributed by atoms with Crippen LogP contribution < -0.4 is 0 Å². The molecule has 0 saturated heterocycles. The van der Waals surface area contributed by atoms with E-state index in [2.05, 4.69) is 4.42 Å². The average Bonchev–Trinajstić information content (AvgIpc) is 2.51. The molecule has 0 atom stereocenters. The first-order chi connectivity index (χ1) is 4.50. The topological polar surface area (TPSA) is 50.4 Å². The molecule has 0 aliphatic rings. The van der Waals surface area contributed by atoms with Crippen LogP contribution in [0.5, 0.6) is 0 Å². The molecule has 3 nitrogen and oxygen atoms in total. The minimum Gasteiger partial charge on any atom is -0.473 e. The van der Waals surface area contributed by atoms with Gasteiger partial charge in [0.05, 0.1) is 12.5 Å². The lowest BCUT2D eigenvalue weighted by molar-refractivity contribution is -0.0979. The summed E-state index contributed by atoms with van der Waals surface area (Å²) in [6.45, 7) is 2.00. The number of hydrogen-bond donors (Lipinski definition) is 1. The Morgan fingerprint density at radius 3 is 1.67 bits per heavy atom. The van der Waals surface area contributed by atoms with Crippen molar-refractivity contribution in [3.63, 3.8) is 0 Å². The van der Waals surface area contributed by atoms with Crippen molar-refractivity contribution in [2.24, 2.45) is 0 Å². The van der Waals surface area contributed by atoms with Gasteiger partial charge in [-0.05, 0) is 12.1 Å². The minimum absolute atomic E-state index is 1.00. The van der Waals surface area contributed by atoms with Crippen LogP contribution in [0.15, 0.2) is 29.1 Å². The van der Waals surface area contributed by atoms with E-state index in [4.69, 9.17) is 9.90 Å². The highest BCUT2D eigenvalue weighted by Gasteiger charge is 1.58. The molecular formula is C6H10O3. The first-order valence-corrected chi connectivity index (χ1v) is 2.21. The Kier molecular flexibility index (Phi) is 19.0. The molecule has 0 aliphatic carbocycles. The quantitative estimate of drug-likeness (QED) is 0.562. The van der Waals surface area contributed by atoms with Crippen molar-refractivity contribution in [1.82, 2.24) is 0 Å². The Hall–Kier alpha value is -1.09. The van der Waals surface area contributed by atoms with Gasteiger partial charge < -0.3 is 14.3 Å². The molecule has 0 spiro atoms. The Labute approximate surface area is 53.9 Å². The third kappa shape index (κ3) is 10.9. The Morgan fingerprint density at radius 2 is 1.56 bits per heavy atom. The van der Waals surface area contributed by atoms with Crippen LogP contribution in [0.3, 0.4) is 0 Å². The maximum absolute atomic E-state index is 8.00. The van der Waals surface area contributed by atoms with Crippen LogP contribution in [0, 0.1) is 0 Å². The van der Waals surface area contributed by atoms with Crippen molar-refractivity contribution in [3.8, 4) is 0 Å². The summed E-state index contributed by atoms with van der Waals surface area (Å²) in [6.07, 6.45) is 3.25. The Balaban J connectivity index is 0. The second-order valence-electron chi connectivity index (χ2n) is 0.793. The highest BCUT2D eigenvalue weighted by molar-refractivity contribution is 5.10. The molecular weight excluding hydrogens is 120 g/mol. The summed E-state index contributed by atoms with van der Waals surface area (Å²) in [5.41, 5.74) is 0. The number of hydrogen-bond acceptors (Lipinski definition) is 3. The highest BCUT2D eigenvalue weighted by atomic mass is 16.3. The molecule has 1 heterocycles. The van der Waals surface area contributed by atoms with Crippen LogP contribution in [0.4, 0.5) is 0 Å². The van der Waals surface area contributed by atoms with E-state index in [0.717, 1.165) is 7.11 Å². The number of carbonyl (C=O) groups is 1. The van der Waals surface area contributed by atoms with Crippen LogP contribution in [-0.2, 0) is 4.79 Å². The molecule has 1 N–H and O–H groups in total. The van der Waals surface area contributed by atoms with Crippen molar-refractivity contribution >= 4 is 6.79 Å². The third-order valence-electron chi connectivity index (χ3n) is 0.425. The fraction of sp³-hybridized carbons (Fsp3) is 0.167. The molecule has 0 radical (unpaired) electrons. The summed E-state index contributed by atoms with van der Waals surface area (Å²) in [4.78, 5) is 8.00. The smallest absolute Gasteiger partial charge is 0.106 e. The van der Waals surface area contributed by atoms with Gasteiger partial charge in [0.25, 0.3) is 0 Å². The van der Waals surface area contributed by atoms with E-state index in [0.29, 0.717) is 0 Å². The Morgan fingerprint density at radius 1 is 1.22 bits per heavy atom. The first-order valence-electron chi connectivity index (χ1n) is 2.21. The van der Waals surface area contributed by atoms with Gasteiger partial charge in [0.1, 0.15) is 6.79 Å². The zero-order valence-corrected chi connectivity index (χ0v) is 5.28. The zero-order valence-electron chi connectivity index (χ0n) is 5.28. The normalized spacial score (nSPS) is 5.56. The molecule has 3 heteroatoms. The predicted octanol–water partition coefficient (Wildman–Crippen LogP) is 0.703. The summed E-state index contributed by atoms with van der Waals surface area (Å²) >= 11 is 0. The van der Waals surface area contributed by atoms with Gasteiger partial charge in [-0.25, -0.2) is 0 Å². The fourth-order valence-electron chi connectivity index (χ4n) is 0.227. The number of aliphatic hydroxyl groups is 1.